The fourth-order valence-corrected chi connectivity index (χ4v) is 3.25. The molecule has 1 N–H and O–H groups in total. The minimum atomic E-state index is 0.518. The van der Waals surface area contributed by atoms with Gasteiger partial charge >= 0.3 is 0 Å². The number of benzene rings is 1. The van der Waals surface area contributed by atoms with Gasteiger partial charge in [-0.25, -0.2) is 4.98 Å². The van der Waals surface area contributed by atoms with Crippen molar-refractivity contribution in [3.05, 3.63) is 47.5 Å². The van der Waals surface area contributed by atoms with E-state index in [1.165, 1.54) is 38.0 Å². The summed E-state index contributed by atoms with van der Waals surface area (Å²) in [6, 6.07) is 10.4. The fourth-order valence-electron chi connectivity index (χ4n) is 3.25. The monoisotopic (exact) mass is 298 g/mol. The van der Waals surface area contributed by atoms with Crippen molar-refractivity contribution in [3.8, 4) is 0 Å². The molecule has 3 rings (SSSR count). The number of piperidine rings is 1. The highest BCUT2D eigenvalue weighted by atomic mass is 15.2. The van der Waals surface area contributed by atoms with Crippen molar-refractivity contribution in [3.63, 3.8) is 0 Å². The van der Waals surface area contributed by atoms with Crippen LogP contribution in [0.2, 0.25) is 0 Å². The van der Waals surface area contributed by atoms with Gasteiger partial charge in [0.05, 0.1) is 0 Å². The summed E-state index contributed by atoms with van der Waals surface area (Å²) in [4.78, 5) is 7.30. The van der Waals surface area contributed by atoms with Gasteiger partial charge in [-0.2, -0.15) is 5.10 Å². The maximum atomic E-state index is 4.73. The molecule has 22 heavy (non-hydrogen) atoms. The second-order valence-electron chi connectivity index (χ2n) is 6.77. The summed E-state index contributed by atoms with van der Waals surface area (Å²) in [6.07, 6.45) is 3.19. The van der Waals surface area contributed by atoms with Crippen LogP contribution in [-0.4, -0.2) is 39.7 Å². The molecule has 0 atom stereocenters. The summed E-state index contributed by atoms with van der Waals surface area (Å²) >= 11 is 0. The first-order valence-electron chi connectivity index (χ1n) is 8.38. The van der Waals surface area contributed by atoms with Crippen molar-refractivity contribution in [1.82, 2.24) is 20.1 Å². The van der Waals surface area contributed by atoms with Crippen LogP contribution in [0.3, 0.4) is 0 Å². The van der Waals surface area contributed by atoms with E-state index in [9.17, 15) is 0 Å². The summed E-state index contributed by atoms with van der Waals surface area (Å²) in [6.45, 7) is 8.13. The van der Waals surface area contributed by atoms with Crippen LogP contribution >= 0.6 is 0 Å². The van der Waals surface area contributed by atoms with Crippen molar-refractivity contribution >= 4 is 0 Å². The normalized spacial score (nSPS) is 17.2. The number of aromatic nitrogens is 3. The zero-order chi connectivity index (χ0) is 15.4. The lowest BCUT2D eigenvalue weighted by atomic mass is 9.95. The minimum Gasteiger partial charge on any atom is -0.303 e. The lowest BCUT2D eigenvalue weighted by molar-refractivity contribution is 0.189. The number of aromatic amines is 1. The predicted octanol–water partition coefficient (Wildman–Crippen LogP) is 3.23. The van der Waals surface area contributed by atoms with Gasteiger partial charge in [-0.15, -0.1) is 0 Å². The van der Waals surface area contributed by atoms with Crippen molar-refractivity contribution < 1.29 is 0 Å². The second-order valence-corrected chi connectivity index (χ2v) is 6.77. The van der Waals surface area contributed by atoms with E-state index in [1.807, 2.05) is 6.07 Å². The summed E-state index contributed by atoms with van der Waals surface area (Å²) in [7, 11) is 0. The van der Waals surface area contributed by atoms with Gasteiger partial charge in [-0.3, -0.25) is 5.10 Å². The molecular weight excluding hydrogens is 272 g/mol. The molecular formula is C18H26N4. The maximum absolute atomic E-state index is 4.73. The molecule has 4 heteroatoms. The molecule has 1 saturated heterocycles. The minimum absolute atomic E-state index is 0.518. The van der Waals surface area contributed by atoms with Gasteiger partial charge < -0.3 is 4.90 Å². The van der Waals surface area contributed by atoms with Gasteiger partial charge in [-0.1, -0.05) is 44.2 Å². The van der Waals surface area contributed by atoms with E-state index >= 15 is 0 Å². The zero-order valence-electron chi connectivity index (χ0n) is 13.6. The van der Waals surface area contributed by atoms with Crippen LogP contribution in [0.5, 0.6) is 0 Å². The third-order valence-corrected chi connectivity index (χ3v) is 4.34. The largest absolute Gasteiger partial charge is 0.303 e. The molecule has 1 aromatic heterocycles. The molecule has 0 amide bonds. The smallest absolute Gasteiger partial charge is 0.153 e. The van der Waals surface area contributed by atoms with Crippen LogP contribution in [0.25, 0.3) is 0 Å². The van der Waals surface area contributed by atoms with E-state index in [4.69, 9.17) is 4.98 Å². The summed E-state index contributed by atoms with van der Waals surface area (Å²) in [5, 5.41) is 7.59. The Balaban J connectivity index is 1.56. The lowest BCUT2D eigenvalue weighted by Crippen LogP contribution is -2.35. The van der Waals surface area contributed by atoms with Crippen LogP contribution in [0, 0.1) is 5.92 Å². The summed E-state index contributed by atoms with van der Waals surface area (Å²) in [5.74, 6) is 3.25. The maximum Gasteiger partial charge on any atom is 0.153 e. The second kappa shape index (κ2) is 7.05. The topological polar surface area (TPSA) is 44.8 Å². The van der Waals surface area contributed by atoms with Crippen molar-refractivity contribution in [2.45, 2.75) is 39.0 Å². The summed E-state index contributed by atoms with van der Waals surface area (Å²) < 4.78 is 0. The number of rotatable bonds is 5. The van der Waals surface area contributed by atoms with Crippen LogP contribution in [0.1, 0.15) is 49.8 Å². The van der Waals surface area contributed by atoms with Crippen LogP contribution < -0.4 is 0 Å². The molecule has 1 fully saturated rings. The first-order valence-corrected chi connectivity index (χ1v) is 8.38. The van der Waals surface area contributed by atoms with Crippen LogP contribution in [0.4, 0.5) is 0 Å². The van der Waals surface area contributed by atoms with Gasteiger partial charge in [0, 0.05) is 18.9 Å². The third-order valence-electron chi connectivity index (χ3n) is 4.34. The Bertz CT molecular complexity index is 568. The van der Waals surface area contributed by atoms with Gasteiger partial charge in [0.1, 0.15) is 5.82 Å². The van der Waals surface area contributed by atoms with E-state index in [2.05, 4.69) is 53.2 Å². The number of nitrogens with one attached hydrogen (secondary N) is 1. The van der Waals surface area contributed by atoms with Crippen molar-refractivity contribution in [2.24, 2.45) is 5.92 Å². The molecule has 4 nitrogen and oxygen atoms in total. The molecule has 0 unspecified atom stereocenters. The average Bonchev–Trinajstić information content (AvgIpc) is 2.97. The molecule has 1 aliphatic rings. The molecule has 1 aliphatic heterocycles. The highest BCUT2D eigenvalue weighted by Crippen LogP contribution is 2.26. The Morgan fingerprint density at radius 3 is 2.59 bits per heavy atom. The lowest BCUT2D eigenvalue weighted by Gasteiger charge is -2.31. The molecule has 0 saturated carbocycles. The first kappa shape index (κ1) is 15.2. The van der Waals surface area contributed by atoms with Gasteiger partial charge in [0.15, 0.2) is 5.82 Å². The predicted molar refractivity (Wildman–Crippen MR) is 88.9 cm³/mol. The molecule has 1 aromatic carbocycles. The Hall–Kier alpha value is -1.68. The molecule has 0 radical (unpaired) electrons. The van der Waals surface area contributed by atoms with Crippen LogP contribution in [-0.2, 0) is 6.42 Å². The zero-order valence-corrected chi connectivity index (χ0v) is 13.6. The molecule has 0 aliphatic carbocycles. The quantitative estimate of drug-likeness (QED) is 0.921. The van der Waals surface area contributed by atoms with Gasteiger partial charge in [-0.05, 0) is 37.4 Å². The Labute approximate surface area is 133 Å². The van der Waals surface area contributed by atoms with E-state index in [-0.39, 0.29) is 0 Å². The van der Waals surface area contributed by atoms with Crippen LogP contribution in [0.15, 0.2) is 30.3 Å². The SMILES string of the molecule is CC(C)CN1CCC(c2n[nH]c(Cc3ccccc3)n2)CC1. The Kier molecular flexibility index (Phi) is 4.88. The number of hydrogen-bond donors (Lipinski definition) is 1. The Morgan fingerprint density at radius 1 is 1.18 bits per heavy atom. The van der Waals surface area contributed by atoms with Crippen molar-refractivity contribution in [2.75, 3.05) is 19.6 Å². The number of H-pyrrole nitrogens is 1. The Morgan fingerprint density at radius 2 is 1.91 bits per heavy atom. The fraction of sp³-hybridized carbons (Fsp3) is 0.556. The van der Waals surface area contributed by atoms with Crippen molar-refractivity contribution in [1.29, 1.82) is 0 Å². The number of hydrogen-bond acceptors (Lipinski definition) is 3. The highest BCUT2D eigenvalue weighted by Gasteiger charge is 2.23. The number of likely N-dealkylation sites (tertiary alicyclic amines) is 1. The highest BCUT2D eigenvalue weighted by molar-refractivity contribution is 5.18. The van der Waals surface area contributed by atoms with Gasteiger partial charge in [0.25, 0.3) is 0 Å². The molecule has 2 heterocycles. The number of nitrogens with zero attached hydrogens (tertiary/aromatic N) is 3. The molecule has 118 valence electrons. The van der Waals surface area contributed by atoms with Gasteiger partial charge in [0.2, 0.25) is 0 Å². The third kappa shape index (κ3) is 3.95. The van der Waals surface area contributed by atoms with E-state index in [0.29, 0.717) is 5.92 Å². The van der Waals surface area contributed by atoms with E-state index < -0.39 is 0 Å². The molecule has 0 bridgehead atoms. The summed E-state index contributed by atoms with van der Waals surface area (Å²) in [5.41, 5.74) is 1.27. The first-order chi connectivity index (χ1) is 10.7. The molecule has 2 aromatic rings. The standard InChI is InChI=1S/C18H26N4/c1-14(2)13-22-10-8-16(9-11-22)18-19-17(20-21-18)12-15-6-4-3-5-7-15/h3-7,14,16H,8-13H2,1-2H3,(H,19,20,21). The van der Waals surface area contributed by atoms with E-state index in [0.717, 1.165) is 24.0 Å². The molecule has 0 spiro atoms. The van der Waals surface area contributed by atoms with E-state index in [1.54, 1.807) is 0 Å². The average molecular weight is 298 g/mol.